The van der Waals surface area contributed by atoms with Gasteiger partial charge in [0, 0.05) is 37.7 Å². The van der Waals surface area contributed by atoms with E-state index in [1.54, 1.807) is 6.20 Å². The highest BCUT2D eigenvalue weighted by Crippen LogP contribution is 2.43. The van der Waals surface area contributed by atoms with Crippen molar-refractivity contribution in [1.29, 1.82) is 0 Å². The molecule has 1 amide bonds. The molecule has 1 spiro atoms. The van der Waals surface area contributed by atoms with Crippen LogP contribution in [0, 0.1) is 0 Å². The number of aromatic nitrogens is 1. The van der Waals surface area contributed by atoms with Crippen molar-refractivity contribution in [1.82, 2.24) is 15.2 Å². The number of carbonyl (C=O) groups is 1. The summed E-state index contributed by atoms with van der Waals surface area (Å²) < 4.78 is 0. The fraction of sp³-hybridized carbons (Fsp3) is 0.400. The summed E-state index contributed by atoms with van der Waals surface area (Å²) in [6.07, 6.45) is 6.01. The van der Waals surface area contributed by atoms with Crippen molar-refractivity contribution in [2.75, 3.05) is 5.32 Å². The Morgan fingerprint density at radius 3 is 2.56 bits per heavy atom. The van der Waals surface area contributed by atoms with E-state index in [-0.39, 0.29) is 11.6 Å². The van der Waals surface area contributed by atoms with Gasteiger partial charge < -0.3 is 10.6 Å². The van der Waals surface area contributed by atoms with E-state index in [0.29, 0.717) is 17.6 Å². The Bertz CT molecular complexity index is 792. The van der Waals surface area contributed by atoms with Crippen LogP contribution in [0.5, 0.6) is 0 Å². The Hall–Kier alpha value is -2.40. The molecule has 3 aliphatic heterocycles. The Kier molecular flexibility index (Phi) is 3.31. The fourth-order valence-corrected chi connectivity index (χ4v) is 4.83. The van der Waals surface area contributed by atoms with Crippen LogP contribution in [0.2, 0.25) is 0 Å². The molecule has 5 heteroatoms. The quantitative estimate of drug-likeness (QED) is 0.887. The number of amides is 1. The van der Waals surface area contributed by atoms with Gasteiger partial charge in [-0.05, 0) is 30.5 Å². The van der Waals surface area contributed by atoms with Crippen molar-refractivity contribution in [3.05, 3.63) is 59.8 Å². The molecule has 0 aliphatic carbocycles. The zero-order valence-electron chi connectivity index (χ0n) is 14.1. The maximum atomic E-state index is 12.6. The van der Waals surface area contributed by atoms with Gasteiger partial charge in [0.1, 0.15) is 11.5 Å². The molecule has 3 aliphatic rings. The van der Waals surface area contributed by atoms with Gasteiger partial charge in [-0.2, -0.15) is 0 Å². The highest BCUT2D eigenvalue weighted by molar-refractivity contribution is 6.01. The molecule has 128 valence electrons. The minimum Gasteiger partial charge on any atom is -0.347 e. The molecule has 2 aromatic rings. The number of hydrogen-bond acceptors (Lipinski definition) is 4. The molecule has 2 N–H and O–H groups in total. The smallest absolute Gasteiger partial charge is 0.256 e. The highest BCUT2D eigenvalue weighted by atomic mass is 16.2. The van der Waals surface area contributed by atoms with E-state index in [0.717, 1.165) is 25.2 Å². The lowest BCUT2D eigenvalue weighted by molar-refractivity contribution is 0.0607. The first kappa shape index (κ1) is 14.9. The zero-order chi connectivity index (χ0) is 16.9. The molecule has 5 nitrogen and oxygen atoms in total. The molecule has 2 atom stereocenters. The second-order valence-electron chi connectivity index (χ2n) is 7.51. The molecule has 4 heterocycles. The summed E-state index contributed by atoms with van der Waals surface area (Å²) in [5, 5.41) is 6.81. The molecule has 0 unspecified atom stereocenters. The van der Waals surface area contributed by atoms with E-state index in [2.05, 4.69) is 50.8 Å². The number of benzene rings is 1. The summed E-state index contributed by atoms with van der Waals surface area (Å²) in [4.78, 5) is 19.6. The van der Waals surface area contributed by atoms with Crippen LogP contribution in [0.4, 0.5) is 5.82 Å². The van der Waals surface area contributed by atoms with Crippen molar-refractivity contribution in [2.45, 2.75) is 50.0 Å². The number of hydrogen-bond donors (Lipinski definition) is 2. The summed E-state index contributed by atoms with van der Waals surface area (Å²) in [5.74, 6) is 0.722. The van der Waals surface area contributed by atoms with Gasteiger partial charge in [0.25, 0.3) is 5.91 Å². The van der Waals surface area contributed by atoms with Crippen LogP contribution in [-0.4, -0.2) is 33.5 Å². The van der Waals surface area contributed by atoms with Crippen LogP contribution >= 0.6 is 0 Å². The molecular weight excluding hydrogens is 312 g/mol. The number of nitrogens with one attached hydrogen (secondary N) is 2. The molecule has 25 heavy (non-hydrogen) atoms. The molecule has 5 rings (SSSR count). The predicted molar refractivity (Wildman–Crippen MR) is 96.1 cm³/mol. The van der Waals surface area contributed by atoms with Crippen molar-refractivity contribution >= 4 is 11.7 Å². The van der Waals surface area contributed by atoms with Crippen LogP contribution in [0.25, 0.3) is 0 Å². The Labute approximate surface area is 147 Å². The SMILES string of the molecule is O=C1NC2(C[C@H]3CC[C@H](C2)N3Cc2ccccc2)Nc2ncccc21. The van der Waals surface area contributed by atoms with E-state index < -0.39 is 0 Å². The molecule has 0 radical (unpaired) electrons. The van der Waals surface area contributed by atoms with E-state index in [4.69, 9.17) is 0 Å². The van der Waals surface area contributed by atoms with Crippen LogP contribution in [0.3, 0.4) is 0 Å². The molecule has 2 bridgehead atoms. The Balaban J connectivity index is 1.39. The monoisotopic (exact) mass is 334 g/mol. The second-order valence-corrected chi connectivity index (χ2v) is 7.51. The van der Waals surface area contributed by atoms with Crippen molar-refractivity contribution in [3.8, 4) is 0 Å². The lowest BCUT2D eigenvalue weighted by Gasteiger charge is -2.49. The third-order valence-corrected chi connectivity index (χ3v) is 5.91. The highest BCUT2D eigenvalue weighted by Gasteiger charge is 2.50. The van der Waals surface area contributed by atoms with E-state index in [1.165, 1.54) is 18.4 Å². The topological polar surface area (TPSA) is 57.3 Å². The maximum absolute atomic E-state index is 12.6. The standard InChI is InChI=1S/C20H22N4O/c25-19-17-7-4-10-21-18(17)22-20(23-19)11-15-8-9-16(12-20)24(15)13-14-5-2-1-3-6-14/h1-7,10,15-16H,8-9,11-13H2,(H,21,22)(H,23,25)/t15-,16-/m1/s1. The van der Waals surface area contributed by atoms with Crippen LogP contribution < -0.4 is 10.6 Å². The number of carbonyl (C=O) groups excluding carboxylic acids is 1. The third-order valence-electron chi connectivity index (χ3n) is 5.91. The first-order valence-corrected chi connectivity index (χ1v) is 9.08. The molecule has 0 saturated carbocycles. The second kappa shape index (κ2) is 5.56. The van der Waals surface area contributed by atoms with Gasteiger partial charge in [-0.3, -0.25) is 9.69 Å². The summed E-state index contributed by atoms with van der Waals surface area (Å²) in [6.45, 7) is 0.995. The fourth-order valence-electron chi connectivity index (χ4n) is 4.83. The average Bonchev–Trinajstić information content (AvgIpc) is 2.87. The molecular formula is C20H22N4O. The number of pyridine rings is 1. The van der Waals surface area contributed by atoms with Gasteiger partial charge in [-0.1, -0.05) is 30.3 Å². The lowest BCUT2D eigenvalue weighted by Crippen LogP contribution is -2.65. The van der Waals surface area contributed by atoms with Crippen molar-refractivity contribution in [2.24, 2.45) is 0 Å². The van der Waals surface area contributed by atoms with Gasteiger partial charge in [0.05, 0.1) is 5.56 Å². The Morgan fingerprint density at radius 1 is 1.04 bits per heavy atom. The van der Waals surface area contributed by atoms with Crippen LogP contribution in [-0.2, 0) is 6.54 Å². The maximum Gasteiger partial charge on any atom is 0.256 e. The number of anilines is 1. The lowest BCUT2D eigenvalue weighted by atomic mass is 9.88. The van der Waals surface area contributed by atoms with E-state index >= 15 is 0 Å². The zero-order valence-corrected chi connectivity index (χ0v) is 14.1. The summed E-state index contributed by atoms with van der Waals surface area (Å²) in [6, 6.07) is 15.3. The first-order valence-electron chi connectivity index (χ1n) is 9.08. The minimum absolute atomic E-state index is 0.00207. The van der Waals surface area contributed by atoms with E-state index in [1.807, 2.05) is 12.1 Å². The van der Waals surface area contributed by atoms with Gasteiger partial charge >= 0.3 is 0 Å². The average molecular weight is 334 g/mol. The molecule has 1 aromatic heterocycles. The number of fused-ring (bicyclic) bond motifs is 3. The predicted octanol–water partition coefficient (Wildman–Crippen LogP) is 2.76. The minimum atomic E-state index is -0.350. The number of piperidine rings is 1. The van der Waals surface area contributed by atoms with Crippen molar-refractivity contribution < 1.29 is 4.79 Å². The largest absolute Gasteiger partial charge is 0.347 e. The normalized spacial score (nSPS) is 30.6. The third kappa shape index (κ3) is 2.50. The number of nitrogens with zero attached hydrogens (tertiary/aromatic N) is 2. The van der Waals surface area contributed by atoms with Gasteiger partial charge in [-0.25, -0.2) is 4.98 Å². The molecule has 2 fully saturated rings. The Morgan fingerprint density at radius 2 is 1.80 bits per heavy atom. The van der Waals surface area contributed by atoms with Gasteiger partial charge in [-0.15, -0.1) is 0 Å². The molecule has 1 aromatic carbocycles. The van der Waals surface area contributed by atoms with Crippen LogP contribution in [0.1, 0.15) is 41.6 Å². The summed E-state index contributed by atoms with van der Waals surface area (Å²) in [5.41, 5.74) is 1.66. The van der Waals surface area contributed by atoms with Crippen LogP contribution in [0.15, 0.2) is 48.7 Å². The summed E-state index contributed by atoms with van der Waals surface area (Å²) >= 11 is 0. The van der Waals surface area contributed by atoms with E-state index in [9.17, 15) is 4.79 Å². The first-order chi connectivity index (χ1) is 12.2. The van der Waals surface area contributed by atoms with Gasteiger partial charge in [0.15, 0.2) is 0 Å². The molecule has 2 saturated heterocycles. The summed E-state index contributed by atoms with van der Waals surface area (Å²) in [7, 11) is 0. The van der Waals surface area contributed by atoms with Crippen molar-refractivity contribution in [3.63, 3.8) is 0 Å². The van der Waals surface area contributed by atoms with Gasteiger partial charge in [0.2, 0.25) is 0 Å². The number of rotatable bonds is 2.